The Balaban J connectivity index is 0.000000362. The number of Topliss-reactive ketones (excluding diaryl/α,β-unsaturated/α-hetero) is 1. The molecule has 2 aliphatic carbocycles. The van der Waals surface area contributed by atoms with Crippen LogP contribution in [-0.2, 0) is 19.1 Å². The van der Waals surface area contributed by atoms with Crippen LogP contribution in [0.25, 0.3) is 11.1 Å². The van der Waals surface area contributed by atoms with E-state index in [0.29, 0.717) is 0 Å². The number of carbonyl (C=O) groups excluding carboxylic acids is 3. The highest BCUT2D eigenvalue weighted by molar-refractivity contribution is 8.01. The number of β-lactam (4-membered cyclic amide) rings is 1. The highest BCUT2D eigenvalue weighted by atomic mass is 32.2. The zero-order valence-corrected chi connectivity index (χ0v) is 19.9. The highest BCUT2D eigenvalue weighted by Gasteiger charge is 2.51. The van der Waals surface area contributed by atoms with Crippen molar-refractivity contribution in [3.8, 4) is 11.1 Å². The Hall–Kier alpha value is -3.68. The van der Waals surface area contributed by atoms with Crippen molar-refractivity contribution in [3.63, 3.8) is 0 Å². The fraction of sp³-hybridized carbons (Fsp3) is 0.179. The van der Waals surface area contributed by atoms with Gasteiger partial charge in [-0.3, -0.25) is 9.59 Å². The summed E-state index contributed by atoms with van der Waals surface area (Å²) in [5, 5.41) is -1.04. The van der Waals surface area contributed by atoms with Crippen LogP contribution >= 0.6 is 11.8 Å². The van der Waals surface area contributed by atoms with Crippen molar-refractivity contribution in [1.29, 1.82) is 0 Å². The third-order valence-corrected chi connectivity index (χ3v) is 7.76. The van der Waals surface area contributed by atoms with Crippen LogP contribution in [0.15, 0.2) is 96.7 Å². The fourth-order valence-corrected chi connectivity index (χ4v) is 5.49. The molecule has 2 aromatic carbocycles. The van der Waals surface area contributed by atoms with Crippen LogP contribution in [0.1, 0.15) is 24.2 Å². The minimum Gasteiger partial charge on any atom is -0.449 e. The first-order valence-corrected chi connectivity index (χ1v) is 12.2. The smallest absolute Gasteiger partial charge is 0.338 e. The van der Waals surface area contributed by atoms with Gasteiger partial charge in [0, 0.05) is 6.20 Å². The van der Waals surface area contributed by atoms with E-state index in [1.165, 1.54) is 40.9 Å². The molecule has 176 valence electrons. The second-order valence-electron chi connectivity index (χ2n) is 8.56. The summed E-state index contributed by atoms with van der Waals surface area (Å²) in [7, 11) is 0. The number of esters is 1. The number of rotatable bonds is 5. The van der Waals surface area contributed by atoms with Crippen LogP contribution in [0.4, 0.5) is 0 Å². The monoisotopic (exact) mass is 484 g/mol. The van der Waals surface area contributed by atoms with Crippen molar-refractivity contribution in [2.75, 3.05) is 0 Å². The number of benzene rings is 3. The lowest BCUT2D eigenvalue weighted by Gasteiger charge is -2.47. The molecule has 2 aromatic rings. The van der Waals surface area contributed by atoms with Gasteiger partial charge in [0.05, 0.1) is 10.8 Å². The van der Waals surface area contributed by atoms with Crippen LogP contribution in [-0.4, -0.2) is 39.2 Å². The lowest BCUT2D eigenvalue weighted by atomic mass is 10.0. The van der Waals surface area contributed by atoms with Gasteiger partial charge in [-0.25, -0.2) is 4.79 Å². The van der Waals surface area contributed by atoms with E-state index in [-0.39, 0.29) is 22.6 Å². The lowest BCUT2D eigenvalue weighted by molar-refractivity contribution is -0.144. The van der Waals surface area contributed by atoms with Gasteiger partial charge < -0.3 is 15.4 Å². The van der Waals surface area contributed by atoms with Gasteiger partial charge in [0.1, 0.15) is 17.2 Å². The number of ketones is 1. The van der Waals surface area contributed by atoms with Crippen molar-refractivity contribution in [3.05, 3.63) is 108 Å². The summed E-state index contributed by atoms with van der Waals surface area (Å²) in [6.45, 7) is 1.42. The van der Waals surface area contributed by atoms with E-state index < -0.39 is 23.4 Å². The molecule has 4 aliphatic rings. The van der Waals surface area contributed by atoms with Gasteiger partial charge >= 0.3 is 5.97 Å². The van der Waals surface area contributed by atoms with Gasteiger partial charge in [-0.1, -0.05) is 78.9 Å². The third-order valence-electron chi connectivity index (χ3n) is 6.10. The summed E-state index contributed by atoms with van der Waals surface area (Å²) in [6, 6.07) is 26.6. The van der Waals surface area contributed by atoms with Crippen molar-refractivity contribution >= 4 is 29.4 Å². The molecule has 0 saturated carbocycles. The van der Waals surface area contributed by atoms with E-state index in [0.717, 1.165) is 11.1 Å². The molecule has 7 heteroatoms. The molecular formula is C28H24N2O4S. The summed E-state index contributed by atoms with van der Waals surface area (Å²) in [5.41, 5.74) is 10.5. The van der Waals surface area contributed by atoms with Crippen molar-refractivity contribution in [1.82, 2.24) is 4.90 Å². The molecule has 2 aliphatic heterocycles. The Labute approximate surface area is 207 Å². The number of hydrogen-bond donors (Lipinski definition) is 1. The van der Waals surface area contributed by atoms with E-state index in [1.54, 1.807) is 0 Å². The van der Waals surface area contributed by atoms with Gasteiger partial charge in [-0.05, 0) is 35.2 Å². The molecule has 0 bridgehead atoms. The summed E-state index contributed by atoms with van der Waals surface area (Å²) < 4.78 is 5.87. The average Bonchev–Trinajstić information content (AvgIpc) is 3.50. The quantitative estimate of drug-likeness (QED) is 0.339. The van der Waals surface area contributed by atoms with Crippen molar-refractivity contribution < 1.29 is 19.1 Å². The maximum atomic E-state index is 13.1. The molecule has 2 N–H and O–H groups in total. The number of amides is 1. The molecule has 1 fully saturated rings. The lowest BCUT2D eigenvalue weighted by Crippen LogP contribution is -2.67. The number of nitrogens with two attached hydrogens (primary N) is 1. The molecule has 1 amide bonds. The molecule has 3 atom stereocenters. The average molecular weight is 485 g/mol. The van der Waals surface area contributed by atoms with Crippen LogP contribution in [0.5, 0.6) is 0 Å². The highest BCUT2D eigenvalue weighted by Crippen LogP contribution is 2.41. The molecule has 0 radical (unpaired) electrons. The predicted molar refractivity (Wildman–Crippen MR) is 135 cm³/mol. The third kappa shape index (κ3) is 4.65. The summed E-state index contributed by atoms with van der Waals surface area (Å²) in [6.07, 6.45) is 0.796. The van der Waals surface area contributed by atoms with E-state index in [2.05, 4.69) is 24.3 Å². The van der Waals surface area contributed by atoms with E-state index >= 15 is 0 Å². The molecule has 0 spiro atoms. The topological polar surface area (TPSA) is 89.7 Å². The SMILES string of the molecule is CC(=O)C1S[C@@H]2C(N)C(=O)N2C=C1C(=O)OC(c1ccccc1)c1ccccc1.c1cc2cc-2c1. The number of fused-ring (bicyclic) bond motifs is 2. The Morgan fingerprint density at radius 2 is 1.49 bits per heavy atom. The zero-order valence-electron chi connectivity index (χ0n) is 19.0. The molecule has 6 nitrogen and oxygen atoms in total. The van der Waals surface area contributed by atoms with Crippen LogP contribution < -0.4 is 5.73 Å². The zero-order chi connectivity index (χ0) is 24.5. The minimum absolute atomic E-state index is 0.163. The first-order chi connectivity index (χ1) is 16.9. The number of nitrogens with zero attached hydrogens (tertiary/aromatic N) is 1. The Bertz CT molecular complexity index is 1250. The summed E-state index contributed by atoms with van der Waals surface area (Å²) in [4.78, 5) is 38.7. The van der Waals surface area contributed by atoms with Crippen molar-refractivity contribution in [2.24, 2.45) is 5.73 Å². The van der Waals surface area contributed by atoms with Crippen LogP contribution in [0, 0.1) is 0 Å². The number of thioether (sulfide) groups is 1. The maximum absolute atomic E-state index is 13.1. The van der Waals surface area contributed by atoms with Gasteiger partial charge in [0.15, 0.2) is 6.10 Å². The van der Waals surface area contributed by atoms with Gasteiger partial charge in [-0.15, -0.1) is 11.8 Å². The molecule has 1 saturated heterocycles. The summed E-state index contributed by atoms with van der Waals surface area (Å²) in [5.74, 6) is -1.07. The van der Waals surface area contributed by atoms with Gasteiger partial charge in [-0.2, -0.15) is 0 Å². The van der Waals surface area contributed by atoms with Gasteiger partial charge in [0.25, 0.3) is 0 Å². The normalized spacial score (nSPS) is 21.1. The standard InChI is InChI=1S/C22H20N2O4S.C6H4/c1-13(25)19-16(12-24-20(26)17(23)21(24)29-19)22(27)28-18(14-8-4-2-5-9-14)15-10-6-3-7-11-15;1-2-5-4-6(5)3-1/h2-12,17-19,21H,23H2,1H3;1-4H/t17?,19?,21-;/m1./s1. The van der Waals surface area contributed by atoms with Crippen molar-refractivity contribution in [2.45, 2.75) is 29.7 Å². The number of carbonyl (C=O) groups is 3. The van der Waals surface area contributed by atoms with Crippen LogP contribution in [0.3, 0.4) is 0 Å². The molecule has 0 aromatic heterocycles. The second kappa shape index (κ2) is 9.52. The van der Waals surface area contributed by atoms with E-state index in [4.69, 9.17) is 10.5 Å². The Morgan fingerprint density at radius 1 is 0.914 bits per heavy atom. The second-order valence-corrected chi connectivity index (χ2v) is 9.79. The molecule has 6 rings (SSSR count). The number of hydrogen-bond acceptors (Lipinski definition) is 6. The largest absolute Gasteiger partial charge is 0.449 e. The molecular weight excluding hydrogens is 460 g/mol. The number of ether oxygens (including phenoxy) is 1. The first-order valence-electron chi connectivity index (χ1n) is 11.3. The first kappa shape index (κ1) is 23.1. The minimum atomic E-state index is -0.713. The Morgan fingerprint density at radius 3 is 1.94 bits per heavy atom. The molecule has 2 heterocycles. The van der Waals surface area contributed by atoms with E-state index in [9.17, 15) is 14.4 Å². The van der Waals surface area contributed by atoms with Crippen LogP contribution in [0.2, 0.25) is 0 Å². The molecule has 2 unspecified atom stereocenters. The van der Waals surface area contributed by atoms with Gasteiger partial charge in [0.2, 0.25) is 5.91 Å². The fourth-order valence-electron chi connectivity index (χ4n) is 4.14. The molecule has 35 heavy (non-hydrogen) atoms. The predicted octanol–water partition coefficient (Wildman–Crippen LogP) is 4.07. The summed E-state index contributed by atoms with van der Waals surface area (Å²) >= 11 is 1.22. The van der Waals surface area contributed by atoms with E-state index in [1.807, 2.05) is 60.7 Å². The maximum Gasteiger partial charge on any atom is 0.338 e. The Kier molecular flexibility index (Phi) is 6.28.